The summed E-state index contributed by atoms with van der Waals surface area (Å²) < 4.78 is 38.0. The number of nitrogens with one attached hydrogen (secondary N) is 1. The number of aliphatic hydroxyl groups excluding tert-OH is 1. The van der Waals surface area contributed by atoms with Gasteiger partial charge in [-0.1, -0.05) is 35.9 Å². The topological polar surface area (TPSA) is 45.1 Å². The number of aliphatic hydroxyl groups is 1. The summed E-state index contributed by atoms with van der Waals surface area (Å²) in [5.41, 5.74) is 0.690. The Morgan fingerprint density at radius 3 is 2.52 bits per heavy atom. The van der Waals surface area contributed by atoms with E-state index in [1.807, 2.05) is 0 Å². The van der Waals surface area contributed by atoms with Crippen molar-refractivity contribution in [3.8, 4) is 0 Å². The van der Waals surface area contributed by atoms with Crippen molar-refractivity contribution in [3.63, 3.8) is 0 Å². The first-order valence-electron chi connectivity index (χ1n) is 6.06. The third-order valence-corrected chi connectivity index (χ3v) is 2.96. The van der Waals surface area contributed by atoms with E-state index >= 15 is 0 Å². The lowest BCUT2D eigenvalue weighted by atomic mass is 10.1. The van der Waals surface area contributed by atoms with Crippen LogP contribution in [0.15, 0.2) is 36.4 Å². The number of nitrogens with zero attached hydrogens (tertiary/aromatic N) is 1. The predicted octanol–water partition coefficient (Wildman–Crippen LogP) is 3.86. The van der Waals surface area contributed by atoms with Crippen LogP contribution in [0.2, 0.25) is 5.15 Å². The van der Waals surface area contributed by atoms with E-state index in [9.17, 15) is 13.2 Å². The molecule has 0 fully saturated rings. The van der Waals surface area contributed by atoms with E-state index in [0.717, 1.165) is 23.3 Å². The summed E-state index contributed by atoms with van der Waals surface area (Å²) in [7, 11) is 0. The van der Waals surface area contributed by atoms with Gasteiger partial charge in [-0.3, -0.25) is 0 Å². The van der Waals surface area contributed by atoms with Crippen molar-refractivity contribution in [2.45, 2.75) is 19.3 Å². The molecule has 0 radical (unpaired) electrons. The van der Waals surface area contributed by atoms with Crippen molar-refractivity contribution in [2.24, 2.45) is 0 Å². The molecule has 0 saturated carbocycles. The van der Waals surface area contributed by atoms with Gasteiger partial charge in [0.15, 0.2) is 0 Å². The summed E-state index contributed by atoms with van der Waals surface area (Å²) in [5, 5.41) is 11.6. The zero-order valence-electron chi connectivity index (χ0n) is 10.8. The Labute approximate surface area is 124 Å². The van der Waals surface area contributed by atoms with E-state index in [1.54, 1.807) is 24.3 Å². The highest BCUT2D eigenvalue weighted by molar-refractivity contribution is 6.29. The first-order chi connectivity index (χ1) is 9.88. The first kappa shape index (κ1) is 15.6. The van der Waals surface area contributed by atoms with Crippen LogP contribution in [0.1, 0.15) is 16.7 Å². The van der Waals surface area contributed by atoms with Gasteiger partial charge in [0.1, 0.15) is 11.0 Å². The molecule has 1 aromatic heterocycles. The number of rotatable bonds is 4. The maximum Gasteiger partial charge on any atom is 0.416 e. The largest absolute Gasteiger partial charge is 0.416 e. The van der Waals surface area contributed by atoms with Crippen LogP contribution in [0.5, 0.6) is 0 Å². The molecule has 21 heavy (non-hydrogen) atoms. The summed E-state index contributed by atoms with van der Waals surface area (Å²) in [6.45, 7) is 0.181. The first-order valence-corrected chi connectivity index (χ1v) is 6.43. The van der Waals surface area contributed by atoms with Gasteiger partial charge in [0.25, 0.3) is 0 Å². The van der Waals surface area contributed by atoms with Crippen molar-refractivity contribution in [1.82, 2.24) is 4.98 Å². The number of alkyl halides is 3. The molecular formula is C14H12ClF3N2O. The van der Waals surface area contributed by atoms with Crippen LogP contribution in [0, 0.1) is 0 Å². The molecule has 0 amide bonds. The van der Waals surface area contributed by atoms with Crippen LogP contribution in [0.4, 0.5) is 19.0 Å². The Hall–Kier alpha value is -1.79. The monoisotopic (exact) mass is 316 g/mol. The van der Waals surface area contributed by atoms with Crippen LogP contribution in [0.25, 0.3) is 0 Å². The molecule has 0 unspecified atom stereocenters. The second-order valence-electron chi connectivity index (χ2n) is 4.39. The number of anilines is 1. The molecule has 1 heterocycles. The van der Waals surface area contributed by atoms with Gasteiger partial charge in [0, 0.05) is 6.54 Å². The highest BCUT2D eigenvalue weighted by Gasteiger charge is 2.31. The lowest BCUT2D eigenvalue weighted by Gasteiger charge is -2.11. The molecule has 0 bridgehead atoms. The highest BCUT2D eigenvalue weighted by Crippen LogP contribution is 2.32. The molecule has 0 aliphatic carbocycles. The fraction of sp³-hybridized carbons (Fsp3) is 0.214. The molecular weight excluding hydrogens is 305 g/mol. The summed E-state index contributed by atoms with van der Waals surface area (Å²) in [6.07, 6.45) is -4.47. The summed E-state index contributed by atoms with van der Waals surface area (Å²) in [4.78, 5) is 3.81. The van der Waals surface area contributed by atoms with Gasteiger partial charge >= 0.3 is 6.18 Å². The van der Waals surface area contributed by atoms with Crippen LogP contribution in [-0.4, -0.2) is 10.1 Å². The molecule has 0 aliphatic rings. The van der Waals surface area contributed by atoms with Crippen molar-refractivity contribution >= 4 is 17.4 Å². The molecule has 112 valence electrons. The molecule has 2 aromatic rings. The Kier molecular flexibility index (Phi) is 4.69. The minimum atomic E-state index is -4.47. The number of halogens is 4. The van der Waals surface area contributed by atoms with Crippen molar-refractivity contribution in [2.75, 3.05) is 5.32 Å². The smallest absolute Gasteiger partial charge is 0.392 e. The van der Waals surface area contributed by atoms with E-state index in [4.69, 9.17) is 16.7 Å². The Morgan fingerprint density at radius 1 is 1.14 bits per heavy atom. The molecule has 7 heteroatoms. The molecule has 0 aliphatic heterocycles. The second-order valence-corrected chi connectivity index (χ2v) is 4.78. The molecule has 0 saturated heterocycles. The summed E-state index contributed by atoms with van der Waals surface area (Å²) >= 11 is 5.60. The highest BCUT2D eigenvalue weighted by atomic mass is 35.5. The zero-order valence-corrected chi connectivity index (χ0v) is 11.5. The Morgan fingerprint density at radius 2 is 1.86 bits per heavy atom. The maximum absolute atomic E-state index is 12.7. The van der Waals surface area contributed by atoms with Gasteiger partial charge in [-0.05, 0) is 23.3 Å². The van der Waals surface area contributed by atoms with Gasteiger partial charge in [0.05, 0.1) is 12.2 Å². The van der Waals surface area contributed by atoms with Gasteiger partial charge in [0.2, 0.25) is 0 Å². The minimum Gasteiger partial charge on any atom is -0.392 e. The Bertz CT molecular complexity index is 632. The average Bonchev–Trinajstić information content (AvgIpc) is 2.44. The minimum absolute atomic E-state index is 0.0456. The average molecular weight is 317 g/mol. The maximum atomic E-state index is 12.7. The van der Waals surface area contributed by atoms with Crippen molar-refractivity contribution in [3.05, 3.63) is 58.2 Å². The number of hydrogen-bond acceptors (Lipinski definition) is 3. The zero-order chi connectivity index (χ0) is 15.5. The molecule has 0 atom stereocenters. The van der Waals surface area contributed by atoms with Gasteiger partial charge < -0.3 is 10.4 Å². The van der Waals surface area contributed by atoms with E-state index in [2.05, 4.69) is 10.3 Å². The van der Waals surface area contributed by atoms with Crippen LogP contribution in [0.3, 0.4) is 0 Å². The molecule has 0 spiro atoms. The summed E-state index contributed by atoms with van der Waals surface area (Å²) in [6, 6.07) is 8.74. The van der Waals surface area contributed by atoms with Crippen molar-refractivity contribution in [1.29, 1.82) is 0 Å². The number of hydrogen-bond donors (Lipinski definition) is 2. The Balaban J connectivity index is 2.14. The quantitative estimate of drug-likeness (QED) is 0.842. The molecule has 2 rings (SSSR count). The van der Waals surface area contributed by atoms with Crippen molar-refractivity contribution < 1.29 is 18.3 Å². The standard InChI is InChI=1S/C14H12ClF3N2O/c15-12-5-11(14(16,17)18)6-13(20-12)19-7-9-2-1-3-10(4-9)8-21/h1-6,21H,7-8H2,(H,19,20). The number of pyridine rings is 1. The van der Waals surface area contributed by atoms with E-state index in [1.165, 1.54) is 0 Å². The van der Waals surface area contributed by atoms with Crippen LogP contribution in [-0.2, 0) is 19.3 Å². The third kappa shape index (κ3) is 4.34. The van der Waals surface area contributed by atoms with E-state index in [0.29, 0.717) is 0 Å². The van der Waals surface area contributed by atoms with Crippen LogP contribution >= 0.6 is 11.6 Å². The van der Waals surface area contributed by atoms with E-state index in [-0.39, 0.29) is 24.1 Å². The molecule has 2 N–H and O–H groups in total. The second kappa shape index (κ2) is 6.32. The fourth-order valence-corrected chi connectivity index (χ4v) is 1.99. The lowest BCUT2D eigenvalue weighted by molar-refractivity contribution is -0.137. The van der Waals surface area contributed by atoms with Crippen LogP contribution < -0.4 is 5.32 Å². The van der Waals surface area contributed by atoms with Gasteiger partial charge in [-0.25, -0.2) is 4.98 Å². The fourth-order valence-electron chi connectivity index (χ4n) is 1.78. The lowest BCUT2D eigenvalue weighted by Crippen LogP contribution is -2.08. The van der Waals surface area contributed by atoms with Gasteiger partial charge in [-0.15, -0.1) is 0 Å². The predicted molar refractivity (Wildman–Crippen MR) is 73.9 cm³/mol. The summed E-state index contributed by atoms with van der Waals surface area (Å²) in [5.74, 6) is 0.0456. The third-order valence-electron chi connectivity index (χ3n) is 2.77. The SMILES string of the molecule is OCc1cccc(CNc2cc(C(F)(F)F)cc(Cl)n2)c1. The molecule has 3 nitrogen and oxygen atoms in total. The number of benzene rings is 1. The molecule has 1 aromatic carbocycles. The number of aromatic nitrogens is 1. The normalized spacial score (nSPS) is 11.5. The van der Waals surface area contributed by atoms with E-state index < -0.39 is 11.7 Å². The van der Waals surface area contributed by atoms with Gasteiger partial charge in [-0.2, -0.15) is 13.2 Å².